The quantitative estimate of drug-likeness (QED) is 0.690. The predicted octanol–water partition coefficient (Wildman–Crippen LogP) is 3.07. The molecule has 0 saturated carbocycles. The molecule has 1 N–H and O–H groups in total. The van der Waals surface area contributed by atoms with Gasteiger partial charge in [-0.05, 0) is 43.2 Å². The predicted molar refractivity (Wildman–Crippen MR) is 104 cm³/mol. The van der Waals surface area contributed by atoms with Gasteiger partial charge in [-0.3, -0.25) is 4.79 Å². The summed E-state index contributed by atoms with van der Waals surface area (Å²) < 4.78 is 45.5. The van der Waals surface area contributed by atoms with Crippen LogP contribution in [0, 0.1) is 5.82 Å². The third-order valence-electron chi connectivity index (χ3n) is 4.37. The van der Waals surface area contributed by atoms with Crippen molar-refractivity contribution in [2.45, 2.75) is 17.7 Å². The minimum Gasteiger partial charge on any atom is -0.489 e. The van der Waals surface area contributed by atoms with Crippen LogP contribution in [0.15, 0.2) is 47.4 Å². The van der Waals surface area contributed by atoms with E-state index in [4.69, 9.17) is 16.3 Å². The van der Waals surface area contributed by atoms with Crippen LogP contribution in [0.1, 0.15) is 23.2 Å². The van der Waals surface area contributed by atoms with Gasteiger partial charge >= 0.3 is 0 Å². The van der Waals surface area contributed by atoms with Crippen LogP contribution < -0.4 is 10.1 Å². The Morgan fingerprint density at radius 2 is 1.89 bits per heavy atom. The summed E-state index contributed by atoms with van der Waals surface area (Å²) in [6.07, 6.45) is 1.64. The summed E-state index contributed by atoms with van der Waals surface area (Å²) in [4.78, 5) is 12.4. The van der Waals surface area contributed by atoms with Crippen LogP contribution in [0.3, 0.4) is 0 Å². The topological polar surface area (TPSA) is 75.7 Å². The van der Waals surface area contributed by atoms with Gasteiger partial charge in [0.25, 0.3) is 5.91 Å². The van der Waals surface area contributed by atoms with Crippen LogP contribution in [-0.2, 0) is 10.0 Å². The third-order valence-corrected chi connectivity index (χ3v) is 6.59. The Morgan fingerprint density at radius 3 is 2.61 bits per heavy atom. The zero-order valence-corrected chi connectivity index (χ0v) is 16.6. The van der Waals surface area contributed by atoms with Gasteiger partial charge in [0.15, 0.2) is 11.6 Å². The lowest BCUT2D eigenvalue weighted by Gasteiger charge is -2.16. The van der Waals surface area contributed by atoms with Gasteiger partial charge in [0.05, 0.1) is 22.0 Å². The number of nitrogens with one attached hydrogen (secondary N) is 1. The van der Waals surface area contributed by atoms with E-state index in [1.165, 1.54) is 34.6 Å². The van der Waals surface area contributed by atoms with Crippen molar-refractivity contribution >= 4 is 27.5 Å². The van der Waals surface area contributed by atoms with Crippen LogP contribution in [0.25, 0.3) is 0 Å². The molecule has 1 fully saturated rings. The molecule has 1 aliphatic rings. The molecule has 0 spiro atoms. The summed E-state index contributed by atoms with van der Waals surface area (Å²) in [5, 5.41) is 2.74. The molecule has 2 aromatic carbocycles. The van der Waals surface area contributed by atoms with Gasteiger partial charge < -0.3 is 10.1 Å². The van der Waals surface area contributed by atoms with Crippen molar-refractivity contribution < 1.29 is 22.3 Å². The summed E-state index contributed by atoms with van der Waals surface area (Å²) in [6, 6.07) is 10.0. The molecule has 0 bridgehead atoms. The maximum atomic E-state index is 13.5. The molecule has 28 heavy (non-hydrogen) atoms. The standard InChI is InChI=1S/C19H20ClFN2O4S/c20-16-8-7-14(28(25,26)23-10-3-4-11-23)13-15(16)19(24)22-9-12-27-18-6-2-1-5-17(18)21/h1-2,5-8,13H,3-4,9-12H2,(H,22,24). The van der Waals surface area contributed by atoms with Gasteiger partial charge in [0.2, 0.25) is 10.0 Å². The first-order chi connectivity index (χ1) is 13.4. The number of rotatable bonds is 7. The Bertz CT molecular complexity index is 962. The molecule has 1 aliphatic heterocycles. The lowest BCUT2D eigenvalue weighted by Crippen LogP contribution is -2.30. The number of para-hydroxylation sites is 1. The molecule has 1 heterocycles. The number of carbonyl (C=O) groups excluding carboxylic acids is 1. The molecule has 3 rings (SSSR count). The number of benzene rings is 2. The van der Waals surface area contributed by atoms with Crippen molar-refractivity contribution in [3.05, 3.63) is 58.9 Å². The highest BCUT2D eigenvalue weighted by molar-refractivity contribution is 7.89. The first-order valence-corrected chi connectivity index (χ1v) is 10.7. The normalized spacial score (nSPS) is 14.8. The van der Waals surface area contributed by atoms with Gasteiger partial charge in [-0.2, -0.15) is 4.31 Å². The number of carbonyl (C=O) groups is 1. The number of hydrogen-bond donors (Lipinski definition) is 1. The summed E-state index contributed by atoms with van der Waals surface area (Å²) in [6.45, 7) is 1.10. The Kier molecular flexibility index (Phi) is 6.53. The van der Waals surface area contributed by atoms with Gasteiger partial charge in [-0.15, -0.1) is 0 Å². The second-order valence-corrected chi connectivity index (χ2v) is 8.63. The van der Waals surface area contributed by atoms with Crippen molar-refractivity contribution in [1.29, 1.82) is 0 Å². The van der Waals surface area contributed by atoms with E-state index in [1.807, 2.05) is 0 Å². The van der Waals surface area contributed by atoms with Gasteiger partial charge in [-0.25, -0.2) is 12.8 Å². The average Bonchev–Trinajstić information content (AvgIpc) is 3.22. The largest absolute Gasteiger partial charge is 0.489 e. The van der Waals surface area contributed by atoms with Crippen molar-refractivity contribution in [3.63, 3.8) is 0 Å². The highest BCUT2D eigenvalue weighted by atomic mass is 35.5. The minimum absolute atomic E-state index is 0.0338. The number of amides is 1. The molecular weight excluding hydrogens is 407 g/mol. The number of ether oxygens (including phenoxy) is 1. The fourth-order valence-electron chi connectivity index (χ4n) is 2.90. The van der Waals surface area contributed by atoms with Crippen LogP contribution in [-0.4, -0.2) is 44.9 Å². The van der Waals surface area contributed by atoms with E-state index in [9.17, 15) is 17.6 Å². The smallest absolute Gasteiger partial charge is 0.252 e. The van der Waals surface area contributed by atoms with Crippen molar-refractivity contribution in [1.82, 2.24) is 9.62 Å². The van der Waals surface area contributed by atoms with E-state index >= 15 is 0 Å². The molecule has 1 amide bonds. The number of hydrogen-bond acceptors (Lipinski definition) is 4. The highest BCUT2D eigenvalue weighted by Crippen LogP contribution is 2.25. The lowest BCUT2D eigenvalue weighted by atomic mass is 10.2. The first-order valence-electron chi connectivity index (χ1n) is 8.85. The molecule has 1 saturated heterocycles. The SMILES string of the molecule is O=C(NCCOc1ccccc1F)c1cc(S(=O)(=O)N2CCCC2)ccc1Cl. The molecular formula is C19H20ClFN2O4S. The molecule has 2 aromatic rings. The van der Waals surface area contributed by atoms with Gasteiger partial charge in [0, 0.05) is 13.1 Å². The van der Waals surface area contributed by atoms with Crippen molar-refractivity contribution in [2.75, 3.05) is 26.2 Å². The zero-order valence-electron chi connectivity index (χ0n) is 15.0. The average molecular weight is 427 g/mol. The van der Waals surface area contributed by atoms with Crippen molar-refractivity contribution in [2.24, 2.45) is 0 Å². The lowest BCUT2D eigenvalue weighted by molar-refractivity contribution is 0.0946. The van der Waals surface area contributed by atoms with E-state index in [1.54, 1.807) is 12.1 Å². The van der Waals surface area contributed by atoms with E-state index in [2.05, 4.69) is 5.32 Å². The Morgan fingerprint density at radius 1 is 1.18 bits per heavy atom. The van der Waals surface area contributed by atoms with Gasteiger partial charge in [0.1, 0.15) is 6.61 Å². The third kappa shape index (κ3) is 4.63. The maximum Gasteiger partial charge on any atom is 0.252 e. The molecule has 0 atom stereocenters. The number of nitrogens with zero attached hydrogens (tertiary/aromatic N) is 1. The molecule has 6 nitrogen and oxygen atoms in total. The first kappa shape index (κ1) is 20.6. The highest BCUT2D eigenvalue weighted by Gasteiger charge is 2.28. The van der Waals surface area contributed by atoms with Crippen LogP contribution >= 0.6 is 11.6 Å². The Hall–Kier alpha value is -2.16. The zero-order chi connectivity index (χ0) is 20.1. The fourth-order valence-corrected chi connectivity index (χ4v) is 4.65. The van der Waals surface area contributed by atoms with E-state index in [0.717, 1.165) is 12.8 Å². The second-order valence-electron chi connectivity index (χ2n) is 6.29. The Labute approximate surface area is 168 Å². The summed E-state index contributed by atoms with van der Waals surface area (Å²) >= 11 is 6.08. The van der Waals surface area contributed by atoms with E-state index in [-0.39, 0.29) is 34.4 Å². The summed E-state index contributed by atoms with van der Waals surface area (Å²) in [5.41, 5.74) is 0.0628. The van der Waals surface area contributed by atoms with E-state index < -0.39 is 21.7 Å². The molecule has 150 valence electrons. The second kappa shape index (κ2) is 8.89. The van der Waals surface area contributed by atoms with Crippen LogP contribution in [0.4, 0.5) is 4.39 Å². The Balaban J connectivity index is 1.64. The summed E-state index contributed by atoms with van der Waals surface area (Å²) in [7, 11) is -3.65. The minimum atomic E-state index is -3.65. The number of sulfonamides is 1. The van der Waals surface area contributed by atoms with Gasteiger partial charge in [-0.1, -0.05) is 23.7 Å². The summed E-state index contributed by atoms with van der Waals surface area (Å²) in [5.74, 6) is -0.925. The molecule has 0 unspecified atom stereocenters. The molecule has 0 aromatic heterocycles. The van der Waals surface area contributed by atoms with Crippen LogP contribution in [0.2, 0.25) is 5.02 Å². The number of halogens is 2. The molecule has 0 aliphatic carbocycles. The molecule has 0 radical (unpaired) electrons. The fraction of sp³-hybridized carbons (Fsp3) is 0.316. The molecule has 9 heteroatoms. The van der Waals surface area contributed by atoms with Crippen molar-refractivity contribution in [3.8, 4) is 5.75 Å². The van der Waals surface area contributed by atoms with Crippen LogP contribution in [0.5, 0.6) is 5.75 Å². The van der Waals surface area contributed by atoms with E-state index in [0.29, 0.717) is 13.1 Å². The monoisotopic (exact) mass is 426 g/mol. The maximum absolute atomic E-state index is 13.5.